The lowest BCUT2D eigenvalue weighted by atomic mass is 9.92. The van der Waals surface area contributed by atoms with Gasteiger partial charge in [0.15, 0.2) is 0 Å². The molecule has 0 radical (unpaired) electrons. The summed E-state index contributed by atoms with van der Waals surface area (Å²) in [5, 5.41) is 10.5. The Hall–Kier alpha value is -3.22. The van der Waals surface area contributed by atoms with E-state index in [1.807, 2.05) is 0 Å². The topological polar surface area (TPSA) is 178 Å². The van der Waals surface area contributed by atoms with Gasteiger partial charge >= 0.3 is 35.8 Å². The van der Waals surface area contributed by atoms with Crippen LogP contribution in [-0.4, -0.2) is 87.2 Å². The van der Waals surface area contributed by atoms with E-state index in [2.05, 4.69) is 20.8 Å². The third kappa shape index (κ3) is 42.2. The molecule has 0 bridgehead atoms. The molecule has 0 aromatic rings. The molecule has 13 heteroatoms. The summed E-state index contributed by atoms with van der Waals surface area (Å²) in [6.45, 7) is 6.30. The molecule has 0 amide bonds. The molecule has 0 saturated heterocycles. The summed E-state index contributed by atoms with van der Waals surface area (Å²) in [6.07, 6.45) is 30.4. The molecule has 13 nitrogen and oxygen atoms in total. The fourth-order valence-corrected chi connectivity index (χ4v) is 7.28. The van der Waals surface area contributed by atoms with Crippen molar-refractivity contribution in [2.45, 2.75) is 252 Å². The van der Waals surface area contributed by atoms with E-state index < -0.39 is 29.9 Å². The Morgan fingerprint density at radius 1 is 0.288 bits per heavy atom. The van der Waals surface area contributed by atoms with Gasteiger partial charge < -0.3 is 33.5 Å². The van der Waals surface area contributed by atoms with Gasteiger partial charge in [0, 0.05) is 38.5 Å². The predicted octanol–water partition coefficient (Wildman–Crippen LogP) is 12.3. The molecule has 0 aliphatic carbocycles. The lowest BCUT2D eigenvalue weighted by Gasteiger charge is -2.30. The second-order valence-electron chi connectivity index (χ2n) is 18.3. The maximum absolute atomic E-state index is 12.8. The number of carbonyl (C=O) groups excluding carboxylic acids is 6. The van der Waals surface area contributed by atoms with Gasteiger partial charge in [-0.25, -0.2) is 0 Å². The number of hydrogen-bond acceptors (Lipinski definition) is 13. The minimum absolute atomic E-state index is 0.0908. The highest BCUT2D eigenvalue weighted by atomic mass is 16.6. The molecule has 0 unspecified atom stereocenters. The maximum Gasteiger partial charge on any atom is 0.305 e. The molecule has 0 aliphatic rings. The van der Waals surface area contributed by atoms with Gasteiger partial charge in [-0.15, -0.1) is 0 Å². The number of aliphatic hydroxyl groups excluding tert-OH is 1. The fraction of sp³-hybridized carbons (Fsp3) is 0.887. The zero-order valence-corrected chi connectivity index (χ0v) is 42.3. The molecule has 0 aromatic carbocycles. The first-order valence-electron chi connectivity index (χ1n) is 26.7. The van der Waals surface area contributed by atoms with Crippen LogP contribution in [0.15, 0.2) is 0 Å². The van der Waals surface area contributed by atoms with Crippen LogP contribution in [0.2, 0.25) is 0 Å². The summed E-state index contributed by atoms with van der Waals surface area (Å²) < 4.78 is 32.6. The number of unbranched alkanes of at least 4 members (excludes halogenated alkanes) is 24. The number of hydrogen-bond donors (Lipinski definition) is 1. The summed E-state index contributed by atoms with van der Waals surface area (Å²) >= 11 is 0. The van der Waals surface area contributed by atoms with Crippen LogP contribution in [0.3, 0.4) is 0 Å². The highest BCUT2D eigenvalue weighted by Crippen LogP contribution is 2.22. The summed E-state index contributed by atoms with van der Waals surface area (Å²) in [7, 11) is 0. The van der Waals surface area contributed by atoms with Crippen LogP contribution < -0.4 is 0 Å². The average molecular weight is 941 g/mol. The van der Waals surface area contributed by atoms with Gasteiger partial charge in [-0.05, 0) is 57.8 Å². The van der Waals surface area contributed by atoms with Crippen molar-refractivity contribution in [3.63, 3.8) is 0 Å². The van der Waals surface area contributed by atoms with E-state index >= 15 is 0 Å². The lowest BCUT2D eigenvalue weighted by molar-refractivity contribution is -0.165. The molecule has 0 spiro atoms. The van der Waals surface area contributed by atoms with Crippen molar-refractivity contribution in [1.29, 1.82) is 0 Å². The standard InChI is InChI=1S/C53H96O13/c1-4-7-10-13-16-19-31-40-61-47(55)34-25-22-28-37-50(58)64-44-53(43-54,45-65-51(59)38-29-23-26-35-48(56)62-41-32-20-17-14-11-8-5-2)46-66-52(60)39-30-24-27-36-49(57)63-42-33-21-18-15-12-9-6-3/h54H,4-46H2,1-3H3. The first-order chi connectivity index (χ1) is 32.1. The average Bonchev–Trinajstić information content (AvgIpc) is 3.31. The van der Waals surface area contributed by atoms with E-state index in [0.717, 1.165) is 57.8 Å². The number of rotatable bonds is 49. The van der Waals surface area contributed by atoms with Gasteiger partial charge in [-0.1, -0.05) is 156 Å². The molecule has 0 heterocycles. The van der Waals surface area contributed by atoms with Crippen LogP contribution in [0.1, 0.15) is 252 Å². The molecule has 0 aliphatic heterocycles. The summed E-state index contributed by atoms with van der Waals surface area (Å²) in [4.78, 5) is 74.6. The van der Waals surface area contributed by atoms with Crippen molar-refractivity contribution < 1.29 is 62.3 Å². The molecule has 0 saturated carbocycles. The van der Waals surface area contributed by atoms with Gasteiger partial charge in [0.2, 0.25) is 0 Å². The Balaban J connectivity index is 4.76. The molecule has 0 atom stereocenters. The normalized spacial score (nSPS) is 11.3. The number of esters is 6. The molecule has 0 rings (SSSR count). The van der Waals surface area contributed by atoms with Gasteiger partial charge in [-0.3, -0.25) is 28.8 Å². The molecule has 0 fully saturated rings. The highest BCUT2D eigenvalue weighted by Gasteiger charge is 2.35. The summed E-state index contributed by atoms with van der Waals surface area (Å²) in [6, 6.07) is 0. The first-order valence-corrected chi connectivity index (χ1v) is 26.7. The van der Waals surface area contributed by atoms with E-state index in [9.17, 15) is 33.9 Å². The molecule has 386 valence electrons. The molecule has 66 heavy (non-hydrogen) atoms. The molecular formula is C53H96O13. The van der Waals surface area contributed by atoms with Crippen LogP contribution >= 0.6 is 0 Å². The third-order valence-electron chi connectivity index (χ3n) is 11.8. The molecule has 0 aromatic heterocycles. The van der Waals surface area contributed by atoms with Crippen molar-refractivity contribution >= 4 is 35.8 Å². The number of aliphatic hydroxyl groups is 1. The summed E-state index contributed by atoms with van der Waals surface area (Å²) in [5.41, 5.74) is -1.38. The van der Waals surface area contributed by atoms with Crippen molar-refractivity contribution in [3.8, 4) is 0 Å². The summed E-state index contributed by atoms with van der Waals surface area (Å²) in [5.74, 6) is -2.26. The van der Waals surface area contributed by atoms with Crippen molar-refractivity contribution in [2.24, 2.45) is 5.41 Å². The second-order valence-corrected chi connectivity index (χ2v) is 18.3. The fourth-order valence-electron chi connectivity index (χ4n) is 7.28. The monoisotopic (exact) mass is 941 g/mol. The van der Waals surface area contributed by atoms with E-state index in [1.54, 1.807) is 0 Å². The third-order valence-corrected chi connectivity index (χ3v) is 11.8. The Labute approximate surface area is 400 Å². The Kier molecular flexibility index (Phi) is 44.6. The Morgan fingerprint density at radius 3 is 0.712 bits per heavy atom. The predicted molar refractivity (Wildman–Crippen MR) is 259 cm³/mol. The largest absolute Gasteiger partial charge is 0.466 e. The zero-order chi connectivity index (χ0) is 48.6. The van der Waals surface area contributed by atoms with Crippen LogP contribution in [-0.2, 0) is 57.2 Å². The SMILES string of the molecule is CCCCCCCCCOC(=O)CCCCCC(=O)OCC(CO)(COC(=O)CCCCCC(=O)OCCCCCCCCC)COC(=O)CCCCCC(=O)OCCCCCCCCC. The van der Waals surface area contributed by atoms with Gasteiger partial charge in [0.05, 0.1) is 31.8 Å². The Morgan fingerprint density at radius 2 is 0.485 bits per heavy atom. The van der Waals surface area contributed by atoms with Gasteiger partial charge in [-0.2, -0.15) is 0 Å². The first kappa shape index (κ1) is 62.8. The minimum Gasteiger partial charge on any atom is -0.466 e. The van der Waals surface area contributed by atoms with E-state index in [-0.39, 0.29) is 76.3 Å². The van der Waals surface area contributed by atoms with Gasteiger partial charge in [0.25, 0.3) is 0 Å². The molecule has 1 N–H and O–H groups in total. The molecular weight excluding hydrogens is 845 g/mol. The van der Waals surface area contributed by atoms with Crippen molar-refractivity contribution in [3.05, 3.63) is 0 Å². The van der Waals surface area contributed by atoms with Crippen molar-refractivity contribution in [1.82, 2.24) is 0 Å². The smallest absolute Gasteiger partial charge is 0.305 e. The van der Waals surface area contributed by atoms with E-state index in [1.165, 1.54) is 77.0 Å². The van der Waals surface area contributed by atoms with Crippen LogP contribution in [0.25, 0.3) is 0 Å². The van der Waals surface area contributed by atoms with Crippen LogP contribution in [0.5, 0.6) is 0 Å². The number of carbonyl (C=O) groups is 6. The van der Waals surface area contributed by atoms with Crippen LogP contribution in [0, 0.1) is 5.41 Å². The minimum atomic E-state index is -1.38. The van der Waals surface area contributed by atoms with E-state index in [4.69, 9.17) is 28.4 Å². The Bertz CT molecular complexity index is 1070. The van der Waals surface area contributed by atoms with Crippen molar-refractivity contribution in [2.75, 3.05) is 46.2 Å². The van der Waals surface area contributed by atoms with Gasteiger partial charge in [0.1, 0.15) is 19.8 Å². The van der Waals surface area contributed by atoms with E-state index in [0.29, 0.717) is 77.6 Å². The zero-order valence-electron chi connectivity index (χ0n) is 42.3. The number of ether oxygens (including phenoxy) is 6. The quantitative estimate of drug-likeness (QED) is 0.0346. The maximum atomic E-state index is 12.8. The second kappa shape index (κ2) is 46.9. The highest BCUT2D eigenvalue weighted by molar-refractivity contribution is 5.71. The van der Waals surface area contributed by atoms with Crippen LogP contribution in [0.4, 0.5) is 0 Å². The lowest BCUT2D eigenvalue weighted by Crippen LogP contribution is -2.42.